The van der Waals surface area contributed by atoms with Gasteiger partial charge in [0.25, 0.3) is 11.8 Å². The summed E-state index contributed by atoms with van der Waals surface area (Å²) in [5.41, 5.74) is 1.69. The molecule has 0 radical (unpaired) electrons. The number of nitrogens with one attached hydrogen (secondary N) is 3. The van der Waals surface area contributed by atoms with Crippen molar-refractivity contribution in [1.29, 1.82) is 0 Å². The maximum absolute atomic E-state index is 12.6. The Labute approximate surface area is 168 Å². The average Bonchev–Trinajstić information content (AvgIpc) is 2.69. The zero-order valence-corrected chi connectivity index (χ0v) is 16.2. The van der Waals surface area contributed by atoms with Gasteiger partial charge >= 0.3 is 0 Å². The second-order valence-corrected chi connectivity index (χ2v) is 7.90. The molecule has 0 fully saturated rings. The quantitative estimate of drug-likeness (QED) is 0.578. The highest BCUT2D eigenvalue weighted by Crippen LogP contribution is 2.23. The van der Waals surface area contributed by atoms with Crippen LogP contribution in [0.2, 0.25) is 0 Å². The standard InChI is InChI=1S/C20H18N4O4S/c1-29(27,28)24-18-10-3-2-9-17(18)23-19(25)14-6-4-8-16(12-14)22-20(26)15-7-5-11-21-13-15/h2-13,24H,1H3,(H,22,26)(H,23,25). The van der Waals surface area contributed by atoms with E-state index in [2.05, 4.69) is 20.3 Å². The van der Waals surface area contributed by atoms with Crippen molar-refractivity contribution >= 4 is 38.9 Å². The lowest BCUT2D eigenvalue weighted by Gasteiger charge is -2.12. The number of rotatable bonds is 6. The van der Waals surface area contributed by atoms with Crippen LogP contribution in [0.1, 0.15) is 20.7 Å². The van der Waals surface area contributed by atoms with Gasteiger partial charge in [-0.1, -0.05) is 18.2 Å². The highest BCUT2D eigenvalue weighted by atomic mass is 32.2. The Morgan fingerprint density at radius 3 is 2.21 bits per heavy atom. The second kappa shape index (κ2) is 8.53. The van der Waals surface area contributed by atoms with Crippen LogP contribution < -0.4 is 15.4 Å². The summed E-state index contributed by atoms with van der Waals surface area (Å²) in [4.78, 5) is 28.8. The van der Waals surface area contributed by atoms with E-state index < -0.39 is 15.9 Å². The lowest BCUT2D eigenvalue weighted by Crippen LogP contribution is -2.17. The highest BCUT2D eigenvalue weighted by molar-refractivity contribution is 7.92. The number of anilines is 3. The van der Waals surface area contributed by atoms with Crippen molar-refractivity contribution in [3.8, 4) is 0 Å². The number of sulfonamides is 1. The molecule has 3 N–H and O–H groups in total. The van der Waals surface area contributed by atoms with Crippen molar-refractivity contribution in [2.24, 2.45) is 0 Å². The lowest BCUT2D eigenvalue weighted by atomic mass is 10.1. The molecule has 0 unspecified atom stereocenters. The molecule has 29 heavy (non-hydrogen) atoms. The summed E-state index contributed by atoms with van der Waals surface area (Å²) in [7, 11) is -3.50. The average molecular weight is 410 g/mol. The topological polar surface area (TPSA) is 117 Å². The predicted octanol–water partition coefficient (Wildman–Crippen LogP) is 2.96. The Bertz CT molecular complexity index is 1150. The SMILES string of the molecule is CS(=O)(=O)Nc1ccccc1NC(=O)c1cccc(NC(=O)c2cccnc2)c1. The molecular formula is C20H18N4O4S. The van der Waals surface area contributed by atoms with Crippen LogP contribution in [0.25, 0.3) is 0 Å². The molecule has 0 aliphatic rings. The summed E-state index contributed by atoms with van der Waals surface area (Å²) in [6.45, 7) is 0. The summed E-state index contributed by atoms with van der Waals surface area (Å²) in [5.74, 6) is -0.802. The van der Waals surface area contributed by atoms with Crippen molar-refractivity contribution in [2.45, 2.75) is 0 Å². The van der Waals surface area contributed by atoms with Crippen molar-refractivity contribution < 1.29 is 18.0 Å². The molecule has 2 aromatic carbocycles. The third kappa shape index (κ3) is 5.63. The van der Waals surface area contributed by atoms with E-state index in [1.807, 2.05) is 0 Å². The highest BCUT2D eigenvalue weighted by Gasteiger charge is 2.13. The molecule has 1 heterocycles. The van der Waals surface area contributed by atoms with E-state index in [0.29, 0.717) is 22.5 Å². The van der Waals surface area contributed by atoms with Crippen LogP contribution in [0.15, 0.2) is 73.1 Å². The molecule has 0 spiro atoms. The summed E-state index contributed by atoms with van der Waals surface area (Å²) in [6.07, 6.45) is 4.04. The van der Waals surface area contributed by atoms with E-state index in [-0.39, 0.29) is 11.6 Å². The fourth-order valence-corrected chi connectivity index (χ4v) is 3.09. The Kier molecular flexibility index (Phi) is 5.89. The van der Waals surface area contributed by atoms with Gasteiger partial charge in [0.2, 0.25) is 10.0 Å². The van der Waals surface area contributed by atoms with Gasteiger partial charge in [-0.3, -0.25) is 19.3 Å². The van der Waals surface area contributed by atoms with Gasteiger partial charge in [-0.25, -0.2) is 8.42 Å². The first-order valence-electron chi connectivity index (χ1n) is 8.51. The van der Waals surface area contributed by atoms with E-state index in [1.165, 1.54) is 12.3 Å². The Morgan fingerprint density at radius 2 is 1.52 bits per heavy atom. The maximum Gasteiger partial charge on any atom is 0.257 e. The monoisotopic (exact) mass is 410 g/mol. The fraction of sp³-hybridized carbons (Fsp3) is 0.0500. The minimum Gasteiger partial charge on any atom is -0.322 e. The smallest absolute Gasteiger partial charge is 0.257 e. The molecule has 8 nitrogen and oxygen atoms in total. The van der Waals surface area contributed by atoms with Gasteiger partial charge in [-0.15, -0.1) is 0 Å². The predicted molar refractivity (Wildman–Crippen MR) is 111 cm³/mol. The van der Waals surface area contributed by atoms with Gasteiger partial charge < -0.3 is 10.6 Å². The van der Waals surface area contributed by atoms with Crippen LogP contribution >= 0.6 is 0 Å². The molecule has 1 aromatic heterocycles. The fourth-order valence-electron chi connectivity index (χ4n) is 2.51. The number of para-hydroxylation sites is 2. The Balaban J connectivity index is 1.76. The largest absolute Gasteiger partial charge is 0.322 e. The zero-order chi connectivity index (χ0) is 20.9. The molecule has 148 valence electrons. The minimum absolute atomic E-state index is 0.254. The summed E-state index contributed by atoms with van der Waals surface area (Å²) >= 11 is 0. The number of pyridine rings is 1. The molecule has 0 saturated heterocycles. The van der Waals surface area contributed by atoms with Crippen molar-refractivity contribution in [1.82, 2.24) is 4.98 Å². The van der Waals surface area contributed by atoms with E-state index in [9.17, 15) is 18.0 Å². The van der Waals surface area contributed by atoms with Gasteiger partial charge in [-0.05, 0) is 42.5 Å². The molecule has 3 aromatic rings. The van der Waals surface area contributed by atoms with Gasteiger partial charge in [0, 0.05) is 23.6 Å². The van der Waals surface area contributed by atoms with Crippen LogP contribution in [-0.2, 0) is 10.0 Å². The number of hydrogen-bond acceptors (Lipinski definition) is 5. The number of hydrogen-bond donors (Lipinski definition) is 3. The van der Waals surface area contributed by atoms with Crippen LogP contribution in [-0.4, -0.2) is 31.5 Å². The summed E-state index contributed by atoms with van der Waals surface area (Å²) in [5, 5.41) is 5.38. The van der Waals surface area contributed by atoms with E-state index in [1.54, 1.807) is 60.8 Å². The van der Waals surface area contributed by atoms with Gasteiger partial charge in [0.1, 0.15) is 0 Å². The molecular weight excluding hydrogens is 392 g/mol. The molecule has 9 heteroatoms. The number of nitrogens with zero attached hydrogens (tertiary/aromatic N) is 1. The third-order valence-corrected chi connectivity index (χ3v) is 4.37. The molecule has 0 saturated carbocycles. The summed E-state index contributed by atoms with van der Waals surface area (Å²) in [6, 6.07) is 16.1. The van der Waals surface area contributed by atoms with Crippen LogP contribution in [0, 0.1) is 0 Å². The molecule has 3 rings (SSSR count). The molecule has 0 aliphatic heterocycles. The number of aromatic nitrogens is 1. The number of carbonyl (C=O) groups is 2. The van der Waals surface area contributed by atoms with E-state index >= 15 is 0 Å². The van der Waals surface area contributed by atoms with Crippen LogP contribution in [0.5, 0.6) is 0 Å². The number of benzene rings is 2. The summed E-state index contributed by atoms with van der Waals surface area (Å²) < 4.78 is 25.4. The molecule has 0 bridgehead atoms. The second-order valence-electron chi connectivity index (χ2n) is 6.15. The van der Waals surface area contributed by atoms with Gasteiger partial charge in [-0.2, -0.15) is 0 Å². The van der Waals surface area contributed by atoms with E-state index in [4.69, 9.17) is 0 Å². The van der Waals surface area contributed by atoms with Crippen molar-refractivity contribution in [2.75, 3.05) is 21.6 Å². The first kappa shape index (κ1) is 20.0. The van der Waals surface area contributed by atoms with Crippen LogP contribution in [0.3, 0.4) is 0 Å². The van der Waals surface area contributed by atoms with Crippen molar-refractivity contribution in [3.05, 3.63) is 84.2 Å². The van der Waals surface area contributed by atoms with Gasteiger partial charge in [0.15, 0.2) is 0 Å². The zero-order valence-electron chi connectivity index (χ0n) is 15.4. The number of carbonyl (C=O) groups excluding carboxylic acids is 2. The first-order chi connectivity index (χ1) is 13.8. The Hall–Kier alpha value is -3.72. The molecule has 0 aliphatic carbocycles. The Morgan fingerprint density at radius 1 is 0.828 bits per heavy atom. The first-order valence-corrected chi connectivity index (χ1v) is 10.4. The van der Waals surface area contributed by atoms with E-state index in [0.717, 1.165) is 6.26 Å². The van der Waals surface area contributed by atoms with Gasteiger partial charge in [0.05, 0.1) is 23.2 Å². The number of amides is 2. The minimum atomic E-state index is -3.50. The third-order valence-electron chi connectivity index (χ3n) is 3.78. The lowest BCUT2D eigenvalue weighted by molar-refractivity contribution is 0.101. The normalized spacial score (nSPS) is 10.8. The molecule has 0 atom stereocenters. The van der Waals surface area contributed by atoms with Crippen LogP contribution in [0.4, 0.5) is 17.1 Å². The molecule has 2 amide bonds. The van der Waals surface area contributed by atoms with Crippen molar-refractivity contribution in [3.63, 3.8) is 0 Å². The maximum atomic E-state index is 12.6.